The Morgan fingerprint density at radius 1 is 1.05 bits per heavy atom. The third kappa shape index (κ3) is 5.00. The molecule has 1 aliphatic rings. The second-order valence-electron chi connectivity index (χ2n) is 10.7. The molecule has 6 nitrogen and oxygen atoms in total. The lowest BCUT2D eigenvalue weighted by molar-refractivity contribution is -0.118. The van der Waals surface area contributed by atoms with E-state index in [-0.39, 0.29) is 23.9 Å². The molecule has 1 aliphatic heterocycles. The number of halogens is 1. The predicted molar refractivity (Wildman–Crippen MR) is 168 cm³/mol. The molecule has 2 aromatic heterocycles. The molecule has 2 N–H and O–H groups in total. The van der Waals surface area contributed by atoms with Crippen LogP contribution in [0, 0.1) is 33.6 Å². The SMILES string of the molecule is Cc1cccc(-n2c(C)cc([C@@H]3[C@@H](c4ccccn4)NC(=S)N3c3ccc(NC(=O)C(C)C)c(Cl)c3)c2C)c1C. The third-order valence-corrected chi connectivity index (χ3v) is 8.34. The third-order valence-electron chi connectivity index (χ3n) is 7.72. The molecule has 1 saturated heterocycles. The fourth-order valence-electron chi connectivity index (χ4n) is 5.42. The molecule has 0 radical (unpaired) electrons. The maximum atomic E-state index is 12.3. The van der Waals surface area contributed by atoms with Gasteiger partial charge in [-0.2, -0.15) is 0 Å². The van der Waals surface area contributed by atoms with Crippen LogP contribution in [0.3, 0.4) is 0 Å². The van der Waals surface area contributed by atoms with Gasteiger partial charge < -0.3 is 20.1 Å². The van der Waals surface area contributed by atoms with Crippen LogP contribution in [0.25, 0.3) is 5.69 Å². The summed E-state index contributed by atoms with van der Waals surface area (Å²) in [5.41, 5.74) is 9.42. The minimum Gasteiger partial charge on any atom is -0.351 e. The maximum Gasteiger partial charge on any atom is 0.226 e. The van der Waals surface area contributed by atoms with E-state index in [2.05, 4.69) is 72.1 Å². The van der Waals surface area contributed by atoms with Crippen molar-refractivity contribution in [3.8, 4) is 5.69 Å². The van der Waals surface area contributed by atoms with E-state index >= 15 is 0 Å². The minimum atomic E-state index is -0.181. The number of carbonyl (C=O) groups excluding carboxylic acids is 1. The van der Waals surface area contributed by atoms with Gasteiger partial charge in [0.15, 0.2) is 5.11 Å². The summed E-state index contributed by atoms with van der Waals surface area (Å²) in [5, 5.41) is 7.49. The number of anilines is 2. The molecule has 40 heavy (non-hydrogen) atoms. The first kappa shape index (κ1) is 27.9. The minimum absolute atomic E-state index is 0.0833. The molecule has 3 heterocycles. The van der Waals surface area contributed by atoms with Crippen LogP contribution in [0.2, 0.25) is 5.02 Å². The van der Waals surface area contributed by atoms with Crippen LogP contribution in [0.15, 0.2) is 66.9 Å². The van der Waals surface area contributed by atoms with Gasteiger partial charge in [-0.3, -0.25) is 9.78 Å². The van der Waals surface area contributed by atoms with Crippen molar-refractivity contribution in [1.29, 1.82) is 0 Å². The Morgan fingerprint density at radius 2 is 1.82 bits per heavy atom. The summed E-state index contributed by atoms with van der Waals surface area (Å²) < 4.78 is 2.32. The number of nitrogens with one attached hydrogen (secondary N) is 2. The molecule has 1 amide bonds. The number of nitrogens with zero attached hydrogens (tertiary/aromatic N) is 3. The largest absolute Gasteiger partial charge is 0.351 e. The van der Waals surface area contributed by atoms with E-state index in [1.54, 1.807) is 0 Å². The summed E-state index contributed by atoms with van der Waals surface area (Å²) >= 11 is 12.6. The molecule has 8 heteroatoms. The Hall–Kier alpha value is -3.68. The topological polar surface area (TPSA) is 62.2 Å². The number of carbonyl (C=O) groups is 1. The molecule has 2 aromatic carbocycles. The number of hydrogen-bond acceptors (Lipinski definition) is 3. The van der Waals surface area contributed by atoms with Gasteiger partial charge in [-0.05, 0) is 99.1 Å². The summed E-state index contributed by atoms with van der Waals surface area (Å²) in [4.78, 5) is 19.1. The van der Waals surface area contributed by atoms with Crippen LogP contribution in [0.5, 0.6) is 0 Å². The first-order chi connectivity index (χ1) is 19.1. The van der Waals surface area contributed by atoms with Gasteiger partial charge in [0.05, 0.1) is 28.5 Å². The standard InChI is InChI=1S/C32H34ClN5OS/c1-18(2)31(39)35-26-14-13-23(17-25(26)33)38-30(29(36-32(38)40)27-11-7-8-15-34-27)24-16-20(4)37(22(24)6)28-12-9-10-19(3)21(28)5/h7-18,29-30H,1-6H3,(H,35,39)(H,36,40)/t29-,30-/m1/s1. The summed E-state index contributed by atoms with van der Waals surface area (Å²) in [5.74, 6) is -0.234. The molecule has 0 bridgehead atoms. The zero-order chi connectivity index (χ0) is 28.7. The molecule has 0 aliphatic carbocycles. The highest BCUT2D eigenvalue weighted by molar-refractivity contribution is 7.80. The molecule has 5 rings (SSSR count). The number of pyridine rings is 1. The Morgan fingerprint density at radius 3 is 2.50 bits per heavy atom. The van der Waals surface area contributed by atoms with Crippen molar-refractivity contribution >= 4 is 46.2 Å². The van der Waals surface area contributed by atoms with Gasteiger partial charge in [0.2, 0.25) is 5.91 Å². The normalized spacial score (nSPS) is 16.9. The average Bonchev–Trinajstić information content (AvgIpc) is 3.42. The highest BCUT2D eigenvalue weighted by Crippen LogP contribution is 2.45. The molecule has 206 valence electrons. The summed E-state index contributed by atoms with van der Waals surface area (Å²) in [6, 6.07) is 19.9. The summed E-state index contributed by atoms with van der Waals surface area (Å²) in [6.07, 6.45) is 1.81. The molecule has 0 unspecified atom stereocenters. The smallest absolute Gasteiger partial charge is 0.226 e. The number of aromatic nitrogens is 2. The first-order valence-electron chi connectivity index (χ1n) is 13.4. The van der Waals surface area contributed by atoms with Crippen molar-refractivity contribution in [3.63, 3.8) is 0 Å². The van der Waals surface area contributed by atoms with Gasteiger partial charge in [0.25, 0.3) is 0 Å². The van der Waals surface area contributed by atoms with E-state index in [1.165, 1.54) is 16.8 Å². The molecular weight excluding hydrogens is 538 g/mol. The zero-order valence-electron chi connectivity index (χ0n) is 23.6. The number of aryl methyl sites for hydroxylation is 2. The zero-order valence-corrected chi connectivity index (χ0v) is 25.2. The van der Waals surface area contributed by atoms with Gasteiger partial charge >= 0.3 is 0 Å². The molecule has 1 fully saturated rings. The van der Waals surface area contributed by atoms with Crippen molar-refractivity contribution in [2.75, 3.05) is 10.2 Å². The quantitative estimate of drug-likeness (QED) is 0.234. The monoisotopic (exact) mass is 571 g/mol. The molecular formula is C32H34ClN5OS. The van der Waals surface area contributed by atoms with Crippen molar-refractivity contribution in [2.24, 2.45) is 5.92 Å². The second-order valence-corrected chi connectivity index (χ2v) is 11.5. The van der Waals surface area contributed by atoms with Gasteiger partial charge in [-0.25, -0.2) is 0 Å². The number of hydrogen-bond donors (Lipinski definition) is 2. The van der Waals surface area contributed by atoms with Gasteiger partial charge in [-0.15, -0.1) is 0 Å². The first-order valence-corrected chi connectivity index (χ1v) is 14.2. The Kier molecular flexibility index (Phi) is 7.71. The van der Waals surface area contributed by atoms with Crippen molar-refractivity contribution in [1.82, 2.24) is 14.9 Å². The molecule has 0 saturated carbocycles. The van der Waals surface area contributed by atoms with E-state index < -0.39 is 0 Å². The van der Waals surface area contributed by atoms with Gasteiger partial charge in [-0.1, -0.05) is 43.6 Å². The van der Waals surface area contributed by atoms with Crippen molar-refractivity contribution in [2.45, 2.75) is 53.6 Å². The lowest BCUT2D eigenvalue weighted by Gasteiger charge is -2.28. The Bertz CT molecular complexity index is 1600. The number of benzene rings is 2. The molecule has 2 atom stereocenters. The van der Waals surface area contributed by atoms with Crippen molar-refractivity contribution in [3.05, 3.63) is 106 Å². The van der Waals surface area contributed by atoms with Gasteiger partial charge in [0.1, 0.15) is 0 Å². The van der Waals surface area contributed by atoms with Crippen LogP contribution in [0.4, 0.5) is 11.4 Å². The van der Waals surface area contributed by atoms with Crippen LogP contribution in [-0.2, 0) is 4.79 Å². The van der Waals surface area contributed by atoms with Crippen molar-refractivity contribution < 1.29 is 4.79 Å². The maximum absolute atomic E-state index is 12.3. The van der Waals surface area contributed by atoms with Crippen LogP contribution >= 0.6 is 23.8 Å². The average molecular weight is 572 g/mol. The van der Waals surface area contributed by atoms with Crippen LogP contribution in [-0.4, -0.2) is 20.6 Å². The number of thiocarbonyl (C=S) groups is 1. The van der Waals surface area contributed by atoms with E-state index in [0.717, 1.165) is 28.3 Å². The highest BCUT2D eigenvalue weighted by atomic mass is 35.5. The fourth-order valence-corrected chi connectivity index (χ4v) is 5.98. The molecule has 4 aromatic rings. The summed E-state index contributed by atoms with van der Waals surface area (Å²) in [6.45, 7) is 12.3. The lowest BCUT2D eigenvalue weighted by atomic mass is 9.96. The fraction of sp³-hybridized carbons (Fsp3) is 0.281. The second kappa shape index (κ2) is 11.1. The van der Waals surface area contributed by atoms with E-state index in [1.807, 2.05) is 56.4 Å². The van der Waals surface area contributed by atoms with Crippen LogP contribution in [0.1, 0.15) is 59.7 Å². The van der Waals surface area contributed by atoms with E-state index in [9.17, 15) is 4.79 Å². The number of rotatable bonds is 6. The number of amides is 1. The molecule has 0 spiro atoms. The Balaban J connectivity index is 1.64. The summed E-state index contributed by atoms with van der Waals surface area (Å²) in [7, 11) is 0. The Labute approximate surface area is 246 Å². The van der Waals surface area contributed by atoms with E-state index in [0.29, 0.717) is 15.8 Å². The van der Waals surface area contributed by atoms with Gasteiger partial charge in [0, 0.05) is 34.9 Å². The van der Waals surface area contributed by atoms with E-state index in [4.69, 9.17) is 28.8 Å². The predicted octanol–water partition coefficient (Wildman–Crippen LogP) is 7.53. The lowest BCUT2D eigenvalue weighted by Crippen LogP contribution is -2.29. The highest BCUT2D eigenvalue weighted by Gasteiger charge is 2.42. The van der Waals surface area contributed by atoms with Crippen LogP contribution < -0.4 is 15.5 Å².